The molecule has 0 radical (unpaired) electrons. The molecule has 8 heteroatoms. The highest BCUT2D eigenvalue weighted by molar-refractivity contribution is 6.32. The van der Waals surface area contributed by atoms with Crippen LogP contribution in [0.5, 0.6) is 11.5 Å². The third-order valence-electron chi connectivity index (χ3n) is 4.06. The van der Waals surface area contributed by atoms with E-state index in [-0.39, 0.29) is 45.4 Å². The van der Waals surface area contributed by atoms with E-state index in [0.717, 1.165) is 0 Å². The van der Waals surface area contributed by atoms with E-state index in [1.165, 1.54) is 24.3 Å². The fourth-order valence-electron chi connectivity index (χ4n) is 2.68. The number of amides is 1. The molecule has 1 aliphatic rings. The Morgan fingerprint density at radius 2 is 2.15 bits per heavy atom. The highest BCUT2D eigenvalue weighted by Crippen LogP contribution is 2.35. The predicted molar refractivity (Wildman–Crippen MR) is 101 cm³/mol. The van der Waals surface area contributed by atoms with Gasteiger partial charge >= 0.3 is 0 Å². The van der Waals surface area contributed by atoms with Crippen LogP contribution in [0, 0.1) is 23.1 Å². The monoisotopic (exact) mass is 405 g/mol. The molecule has 0 saturated heterocycles. The summed E-state index contributed by atoms with van der Waals surface area (Å²) >= 11 is 12.1. The van der Waals surface area contributed by atoms with Crippen molar-refractivity contribution in [2.45, 2.75) is 19.8 Å². The fourth-order valence-corrected chi connectivity index (χ4v) is 3.08. The van der Waals surface area contributed by atoms with Gasteiger partial charge in [0.2, 0.25) is 5.91 Å². The zero-order chi connectivity index (χ0) is 19.6. The molecule has 27 heavy (non-hydrogen) atoms. The largest absolute Gasteiger partial charge is 0.453 e. The Balaban J connectivity index is 1.89. The van der Waals surface area contributed by atoms with Crippen LogP contribution in [-0.4, -0.2) is 11.6 Å². The number of hydrogen-bond donors (Lipinski definition) is 1. The van der Waals surface area contributed by atoms with Crippen molar-refractivity contribution in [2.24, 2.45) is 11.0 Å². The molecule has 1 aliphatic heterocycles. The van der Waals surface area contributed by atoms with E-state index in [1.807, 2.05) is 6.07 Å². The molecule has 0 spiro atoms. The average Bonchev–Trinajstić information content (AvgIpc) is 2.63. The summed E-state index contributed by atoms with van der Waals surface area (Å²) in [6.45, 7) is 1.78. The molecule has 1 heterocycles. The molecular weight excluding hydrogens is 392 g/mol. The van der Waals surface area contributed by atoms with Crippen molar-refractivity contribution >= 4 is 34.8 Å². The number of nitriles is 1. The molecule has 1 amide bonds. The van der Waals surface area contributed by atoms with Crippen molar-refractivity contribution in [1.82, 2.24) is 5.43 Å². The van der Waals surface area contributed by atoms with E-state index >= 15 is 0 Å². The second-order valence-electron chi connectivity index (χ2n) is 6.18. The molecule has 0 fully saturated rings. The lowest BCUT2D eigenvalue weighted by Crippen LogP contribution is -2.33. The lowest BCUT2D eigenvalue weighted by atomic mass is 9.97. The molecule has 0 bridgehead atoms. The van der Waals surface area contributed by atoms with Gasteiger partial charge in [0.1, 0.15) is 5.75 Å². The molecule has 2 aromatic carbocycles. The summed E-state index contributed by atoms with van der Waals surface area (Å²) in [6.07, 6.45) is 0.660. The number of ether oxygens (including phenoxy) is 1. The van der Waals surface area contributed by atoms with Crippen molar-refractivity contribution in [1.29, 1.82) is 5.26 Å². The second-order valence-corrected chi connectivity index (χ2v) is 7.02. The quantitative estimate of drug-likeness (QED) is 0.789. The standard InChI is InChI=1S/C19H14Cl2FN3O2/c1-10-4-14(24-25-19(10)26)7-12-2-3-16(21)18(17(12)22)27-15-6-11(9-23)5-13(20)8-15/h2-3,5-6,8,10H,4,7H2,1H3,(H,25,26)/t10-/m0/s1. The van der Waals surface area contributed by atoms with Crippen molar-refractivity contribution in [3.8, 4) is 17.6 Å². The zero-order valence-corrected chi connectivity index (χ0v) is 15.7. The maximum Gasteiger partial charge on any atom is 0.243 e. The predicted octanol–water partition coefficient (Wildman–Crippen LogP) is 4.85. The van der Waals surface area contributed by atoms with Gasteiger partial charge in [0.15, 0.2) is 11.6 Å². The molecule has 0 aromatic heterocycles. The number of hydrogen-bond acceptors (Lipinski definition) is 4. The van der Waals surface area contributed by atoms with Crippen molar-refractivity contribution < 1.29 is 13.9 Å². The Labute approximate surface area is 165 Å². The summed E-state index contributed by atoms with van der Waals surface area (Å²) in [5.74, 6) is -0.969. The van der Waals surface area contributed by atoms with Gasteiger partial charge in [-0.05, 0) is 36.2 Å². The minimum absolute atomic E-state index is 0.0852. The van der Waals surface area contributed by atoms with Crippen LogP contribution in [0.15, 0.2) is 35.4 Å². The van der Waals surface area contributed by atoms with Crippen LogP contribution in [0.2, 0.25) is 10.0 Å². The van der Waals surface area contributed by atoms with E-state index in [9.17, 15) is 9.18 Å². The molecule has 1 N–H and O–H groups in total. The topological polar surface area (TPSA) is 74.5 Å². The third kappa shape index (κ3) is 4.38. The van der Waals surface area contributed by atoms with Crippen LogP contribution in [0.3, 0.4) is 0 Å². The van der Waals surface area contributed by atoms with Crippen LogP contribution in [-0.2, 0) is 11.2 Å². The second kappa shape index (κ2) is 7.95. The molecule has 0 aliphatic carbocycles. The highest BCUT2D eigenvalue weighted by Gasteiger charge is 2.23. The fraction of sp³-hybridized carbons (Fsp3) is 0.211. The van der Waals surface area contributed by atoms with Crippen LogP contribution in [0.1, 0.15) is 24.5 Å². The van der Waals surface area contributed by atoms with Gasteiger partial charge in [0.05, 0.1) is 16.7 Å². The SMILES string of the molecule is C[C@H]1CC(Cc2ccc(Cl)c(Oc3cc(Cl)cc(C#N)c3)c2F)=NNC1=O. The molecule has 0 saturated carbocycles. The minimum atomic E-state index is -0.631. The summed E-state index contributed by atoms with van der Waals surface area (Å²) in [4.78, 5) is 11.5. The lowest BCUT2D eigenvalue weighted by Gasteiger charge is -2.18. The first-order valence-corrected chi connectivity index (χ1v) is 8.83. The number of carbonyl (C=O) groups excluding carboxylic acids is 1. The number of halogens is 3. The zero-order valence-electron chi connectivity index (χ0n) is 14.2. The molecule has 3 rings (SSSR count). The molecule has 1 atom stereocenters. The van der Waals surface area contributed by atoms with Crippen LogP contribution >= 0.6 is 23.2 Å². The Morgan fingerprint density at radius 1 is 1.37 bits per heavy atom. The number of benzene rings is 2. The first kappa shape index (κ1) is 19.2. The highest BCUT2D eigenvalue weighted by atomic mass is 35.5. The van der Waals surface area contributed by atoms with Gasteiger partial charge < -0.3 is 4.74 Å². The Kier molecular flexibility index (Phi) is 5.64. The smallest absolute Gasteiger partial charge is 0.243 e. The minimum Gasteiger partial charge on any atom is -0.453 e. The van der Waals surface area contributed by atoms with Gasteiger partial charge in [-0.15, -0.1) is 0 Å². The summed E-state index contributed by atoms with van der Waals surface area (Å²) in [5.41, 5.74) is 3.70. The Hall–Kier alpha value is -2.62. The van der Waals surface area contributed by atoms with E-state index in [1.54, 1.807) is 13.0 Å². The van der Waals surface area contributed by atoms with Crippen LogP contribution < -0.4 is 10.2 Å². The molecule has 5 nitrogen and oxygen atoms in total. The van der Waals surface area contributed by atoms with Crippen LogP contribution in [0.4, 0.5) is 4.39 Å². The van der Waals surface area contributed by atoms with Crippen LogP contribution in [0.25, 0.3) is 0 Å². The summed E-state index contributed by atoms with van der Waals surface area (Å²) in [7, 11) is 0. The number of carbonyl (C=O) groups is 1. The average molecular weight is 406 g/mol. The summed E-state index contributed by atoms with van der Waals surface area (Å²) in [6, 6.07) is 9.41. The number of nitrogens with zero attached hydrogens (tertiary/aromatic N) is 2. The first-order chi connectivity index (χ1) is 12.9. The van der Waals surface area contributed by atoms with Gasteiger partial charge in [-0.3, -0.25) is 4.79 Å². The number of hydrazone groups is 1. The lowest BCUT2D eigenvalue weighted by molar-refractivity contribution is -0.124. The van der Waals surface area contributed by atoms with E-state index in [4.69, 9.17) is 33.2 Å². The molecular formula is C19H14Cl2FN3O2. The van der Waals surface area contributed by atoms with Gasteiger partial charge in [-0.25, -0.2) is 9.82 Å². The Morgan fingerprint density at radius 3 is 2.85 bits per heavy atom. The number of rotatable bonds is 4. The normalized spacial score (nSPS) is 16.3. The van der Waals surface area contributed by atoms with Gasteiger partial charge in [0.25, 0.3) is 0 Å². The molecule has 138 valence electrons. The van der Waals surface area contributed by atoms with E-state index in [0.29, 0.717) is 17.7 Å². The first-order valence-electron chi connectivity index (χ1n) is 8.08. The molecule has 2 aromatic rings. The maximum atomic E-state index is 15.0. The van der Waals surface area contributed by atoms with Crippen molar-refractivity contribution in [3.05, 3.63) is 57.3 Å². The van der Waals surface area contributed by atoms with Gasteiger partial charge in [-0.1, -0.05) is 36.2 Å². The van der Waals surface area contributed by atoms with E-state index in [2.05, 4.69) is 10.5 Å². The molecule has 0 unspecified atom stereocenters. The van der Waals surface area contributed by atoms with Gasteiger partial charge in [0, 0.05) is 23.1 Å². The summed E-state index contributed by atoms with van der Waals surface area (Å²) < 4.78 is 20.6. The van der Waals surface area contributed by atoms with Crippen molar-refractivity contribution in [3.63, 3.8) is 0 Å². The van der Waals surface area contributed by atoms with Crippen molar-refractivity contribution in [2.75, 3.05) is 0 Å². The van der Waals surface area contributed by atoms with E-state index < -0.39 is 5.82 Å². The third-order valence-corrected chi connectivity index (χ3v) is 4.57. The Bertz CT molecular complexity index is 986. The van der Waals surface area contributed by atoms with Gasteiger partial charge in [-0.2, -0.15) is 10.4 Å². The summed E-state index contributed by atoms with van der Waals surface area (Å²) in [5, 5.41) is 13.4. The number of nitrogens with one attached hydrogen (secondary N) is 1. The maximum absolute atomic E-state index is 15.0.